The summed E-state index contributed by atoms with van der Waals surface area (Å²) in [5.41, 5.74) is 0. The third kappa shape index (κ3) is 15.2. The summed E-state index contributed by atoms with van der Waals surface area (Å²) in [5, 5.41) is 2.62. The second-order valence-electron chi connectivity index (χ2n) is 4.61. The van der Waals surface area contributed by atoms with Crippen molar-refractivity contribution < 1.29 is 4.79 Å². The molecule has 0 aromatic carbocycles. The van der Waals surface area contributed by atoms with E-state index in [1.54, 1.807) is 0 Å². The average molecular weight is 239 g/mol. The predicted molar refractivity (Wildman–Crippen MR) is 75.1 cm³/mol. The minimum Gasteiger partial charge on any atom is -0.355 e. The molecule has 0 unspecified atom stereocenters. The Kier molecular flexibility index (Phi) is 14.5. The molecule has 0 rings (SSSR count). The lowest BCUT2D eigenvalue weighted by Crippen LogP contribution is -2.09. The van der Waals surface area contributed by atoms with E-state index < -0.39 is 0 Å². The van der Waals surface area contributed by atoms with Crippen LogP contribution in [0.3, 0.4) is 0 Å². The smallest absolute Gasteiger partial charge is 0.207 e. The van der Waals surface area contributed by atoms with E-state index in [1.165, 1.54) is 57.8 Å². The zero-order valence-electron chi connectivity index (χ0n) is 11.4. The SMILES string of the molecule is CCCCCCCCCCCC=CCNC=O. The van der Waals surface area contributed by atoms with Crippen molar-refractivity contribution in [2.45, 2.75) is 71.1 Å². The van der Waals surface area contributed by atoms with Crippen molar-refractivity contribution in [1.29, 1.82) is 0 Å². The number of hydrogen-bond donors (Lipinski definition) is 1. The van der Waals surface area contributed by atoms with Gasteiger partial charge in [0.1, 0.15) is 0 Å². The molecule has 0 radical (unpaired) electrons. The highest BCUT2D eigenvalue weighted by Gasteiger charge is 1.90. The first kappa shape index (κ1) is 16.2. The molecule has 0 fully saturated rings. The predicted octanol–water partition coefficient (Wildman–Crippen LogP) is 4.21. The van der Waals surface area contributed by atoms with E-state index in [0.29, 0.717) is 6.54 Å². The van der Waals surface area contributed by atoms with Gasteiger partial charge in [0.2, 0.25) is 6.41 Å². The number of carbonyl (C=O) groups excluding carboxylic acids is 1. The fourth-order valence-electron chi connectivity index (χ4n) is 1.89. The number of amides is 1. The van der Waals surface area contributed by atoms with Crippen LogP contribution < -0.4 is 5.32 Å². The molecular weight excluding hydrogens is 210 g/mol. The van der Waals surface area contributed by atoms with Gasteiger partial charge in [-0.3, -0.25) is 4.79 Å². The first-order chi connectivity index (χ1) is 8.41. The molecule has 17 heavy (non-hydrogen) atoms. The molecule has 0 aromatic heterocycles. The van der Waals surface area contributed by atoms with Crippen LogP contribution in [0.4, 0.5) is 0 Å². The van der Waals surface area contributed by atoms with E-state index in [1.807, 2.05) is 6.08 Å². The van der Waals surface area contributed by atoms with Crippen molar-refractivity contribution in [3.8, 4) is 0 Å². The molecule has 100 valence electrons. The van der Waals surface area contributed by atoms with Crippen LogP contribution in [0.15, 0.2) is 12.2 Å². The lowest BCUT2D eigenvalue weighted by Gasteiger charge is -2.00. The number of carbonyl (C=O) groups is 1. The van der Waals surface area contributed by atoms with Crippen LogP contribution in [0.5, 0.6) is 0 Å². The van der Waals surface area contributed by atoms with Crippen molar-refractivity contribution in [3.05, 3.63) is 12.2 Å². The molecule has 0 saturated heterocycles. The van der Waals surface area contributed by atoms with Crippen LogP contribution in [0.1, 0.15) is 71.1 Å². The summed E-state index contributed by atoms with van der Waals surface area (Å²) in [7, 11) is 0. The van der Waals surface area contributed by atoms with Gasteiger partial charge in [0.05, 0.1) is 0 Å². The van der Waals surface area contributed by atoms with Gasteiger partial charge in [0.25, 0.3) is 0 Å². The number of allylic oxidation sites excluding steroid dienone is 1. The molecule has 1 N–H and O–H groups in total. The summed E-state index contributed by atoms with van der Waals surface area (Å²) in [4.78, 5) is 9.96. The normalized spacial score (nSPS) is 10.9. The van der Waals surface area contributed by atoms with Gasteiger partial charge in [-0.25, -0.2) is 0 Å². The van der Waals surface area contributed by atoms with Gasteiger partial charge in [0.15, 0.2) is 0 Å². The highest BCUT2D eigenvalue weighted by molar-refractivity contribution is 5.46. The summed E-state index contributed by atoms with van der Waals surface area (Å²) in [6.45, 7) is 2.93. The fraction of sp³-hybridized carbons (Fsp3) is 0.800. The number of nitrogens with one attached hydrogen (secondary N) is 1. The molecule has 0 bridgehead atoms. The van der Waals surface area contributed by atoms with Crippen LogP contribution in [0.25, 0.3) is 0 Å². The Balaban J connectivity index is 2.98. The molecule has 1 amide bonds. The lowest BCUT2D eigenvalue weighted by atomic mass is 10.1. The van der Waals surface area contributed by atoms with Crippen LogP contribution in [-0.2, 0) is 4.79 Å². The first-order valence-electron chi connectivity index (χ1n) is 7.23. The molecule has 0 aliphatic carbocycles. The second-order valence-corrected chi connectivity index (χ2v) is 4.61. The van der Waals surface area contributed by atoms with Crippen molar-refractivity contribution in [2.24, 2.45) is 0 Å². The first-order valence-corrected chi connectivity index (χ1v) is 7.23. The summed E-state index contributed by atoms with van der Waals surface area (Å²) < 4.78 is 0. The summed E-state index contributed by atoms with van der Waals surface area (Å²) in [5.74, 6) is 0. The molecule has 0 heterocycles. The van der Waals surface area contributed by atoms with Crippen LogP contribution in [-0.4, -0.2) is 13.0 Å². The van der Waals surface area contributed by atoms with Gasteiger partial charge in [-0.1, -0.05) is 70.4 Å². The van der Waals surface area contributed by atoms with E-state index in [2.05, 4.69) is 18.3 Å². The third-order valence-corrected chi connectivity index (χ3v) is 2.96. The Morgan fingerprint density at radius 3 is 2.00 bits per heavy atom. The van der Waals surface area contributed by atoms with Crippen molar-refractivity contribution in [3.63, 3.8) is 0 Å². The van der Waals surface area contributed by atoms with Crippen molar-refractivity contribution >= 4 is 6.41 Å². The number of unbranched alkanes of at least 4 members (excludes halogenated alkanes) is 9. The van der Waals surface area contributed by atoms with Crippen LogP contribution in [0.2, 0.25) is 0 Å². The maximum absolute atomic E-state index is 9.96. The van der Waals surface area contributed by atoms with Gasteiger partial charge in [-0.05, 0) is 12.8 Å². The van der Waals surface area contributed by atoms with Gasteiger partial charge in [0, 0.05) is 6.54 Å². The van der Waals surface area contributed by atoms with Gasteiger partial charge in [-0.15, -0.1) is 0 Å². The topological polar surface area (TPSA) is 29.1 Å². The number of hydrogen-bond acceptors (Lipinski definition) is 1. The summed E-state index contributed by atoms with van der Waals surface area (Å²) in [6.07, 6.45) is 18.5. The zero-order chi connectivity index (χ0) is 12.6. The largest absolute Gasteiger partial charge is 0.355 e. The molecule has 0 aliphatic heterocycles. The van der Waals surface area contributed by atoms with E-state index >= 15 is 0 Å². The third-order valence-electron chi connectivity index (χ3n) is 2.96. The quantitative estimate of drug-likeness (QED) is 0.291. The van der Waals surface area contributed by atoms with Gasteiger partial charge < -0.3 is 5.32 Å². The highest BCUT2D eigenvalue weighted by atomic mass is 16.1. The summed E-state index contributed by atoms with van der Waals surface area (Å²) >= 11 is 0. The molecular formula is C15H29NO. The molecule has 0 atom stereocenters. The number of rotatable bonds is 13. The Bertz CT molecular complexity index is 178. The Labute approximate surface area is 107 Å². The highest BCUT2D eigenvalue weighted by Crippen LogP contribution is 2.10. The zero-order valence-corrected chi connectivity index (χ0v) is 11.4. The van der Waals surface area contributed by atoms with E-state index in [-0.39, 0.29) is 0 Å². The standard InChI is InChI=1S/C15H29NO/c1-2-3-4-5-6-7-8-9-10-11-12-13-14-16-15-17/h12-13,15H,2-11,14H2,1H3,(H,16,17). The van der Waals surface area contributed by atoms with Crippen LogP contribution in [0, 0.1) is 0 Å². The van der Waals surface area contributed by atoms with Gasteiger partial charge in [-0.2, -0.15) is 0 Å². The monoisotopic (exact) mass is 239 g/mol. The molecule has 0 aliphatic rings. The van der Waals surface area contributed by atoms with Crippen molar-refractivity contribution in [1.82, 2.24) is 5.32 Å². The van der Waals surface area contributed by atoms with Gasteiger partial charge >= 0.3 is 0 Å². The minimum atomic E-state index is 0.668. The lowest BCUT2D eigenvalue weighted by molar-refractivity contribution is -0.109. The van der Waals surface area contributed by atoms with E-state index in [9.17, 15) is 4.79 Å². The molecule has 0 spiro atoms. The van der Waals surface area contributed by atoms with Crippen LogP contribution >= 0.6 is 0 Å². The van der Waals surface area contributed by atoms with Crippen molar-refractivity contribution in [2.75, 3.05) is 6.54 Å². The average Bonchev–Trinajstić information content (AvgIpc) is 2.35. The Hall–Kier alpha value is -0.790. The Morgan fingerprint density at radius 2 is 1.41 bits per heavy atom. The summed E-state index contributed by atoms with van der Waals surface area (Å²) in [6, 6.07) is 0. The Morgan fingerprint density at radius 1 is 0.824 bits per heavy atom. The fourth-order valence-corrected chi connectivity index (χ4v) is 1.89. The van der Waals surface area contributed by atoms with E-state index in [4.69, 9.17) is 0 Å². The molecule has 0 aromatic rings. The maximum atomic E-state index is 9.96. The maximum Gasteiger partial charge on any atom is 0.207 e. The molecule has 2 nitrogen and oxygen atoms in total. The molecule has 0 saturated carbocycles. The molecule has 2 heteroatoms. The minimum absolute atomic E-state index is 0.668. The second kappa shape index (κ2) is 15.2. The van der Waals surface area contributed by atoms with E-state index in [0.717, 1.165) is 12.8 Å².